The van der Waals surface area contributed by atoms with E-state index in [1.165, 1.54) is 44.6 Å². The molecule has 0 N–H and O–H groups in total. The molecule has 88 valence electrons. The third-order valence-electron chi connectivity index (χ3n) is 3.43. The van der Waals surface area contributed by atoms with Gasteiger partial charge in [-0.2, -0.15) is 4.39 Å². The first-order chi connectivity index (χ1) is 7.77. The summed E-state index contributed by atoms with van der Waals surface area (Å²) in [5.41, 5.74) is 0. The number of rotatable bonds is 2. The third-order valence-corrected chi connectivity index (χ3v) is 3.43. The Morgan fingerprint density at radius 3 is 2.50 bits per heavy atom. The number of pyridine rings is 1. The Bertz CT molecular complexity index is 332. The molecule has 1 heterocycles. The molecule has 0 aliphatic heterocycles. The molecule has 1 aliphatic carbocycles. The van der Waals surface area contributed by atoms with Crippen molar-refractivity contribution in [2.75, 3.05) is 11.9 Å². The van der Waals surface area contributed by atoms with Crippen LogP contribution < -0.4 is 4.90 Å². The average Bonchev–Trinajstić information content (AvgIpc) is 2.56. The van der Waals surface area contributed by atoms with E-state index in [2.05, 4.69) is 9.88 Å². The van der Waals surface area contributed by atoms with Crippen molar-refractivity contribution >= 4 is 5.82 Å². The molecule has 0 aromatic carbocycles. The van der Waals surface area contributed by atoms with Crippen LogP contribution in [0.4, 0.5) is 10.2 Å². The molecule has 1 aromatic heterocycles. The Kier molecular flexibility index (Phi) is 3.75. The van der Waals surface area contributed by atoms with E-state index in [1.807, 2.05) is 13.1 Å². The van der Waals surface area contributed by atoms with Crippen molar-refractivity contribution in [3.05, 3.63) is 24.1 Å². The molecule has 2 rings (SSSR count). The molecule has 0 saturated heterocycles. The largest absolute Gasteiger partial charge is 0.357 e. The van der Waals surface area contributed by atoms with Gasteiger partial charge < -0.3 is 4.90 Å². The summed E-state index contributed by atoms with van der Waals surface area (Å²) in [6, 6.07) is 5.53. The number of anilines is 1. The highest BCUT2D eigenvalue weighted by Crippen LogP contribution is 2.24. The van der Waals surface area contributed by atoms with Crippen molar-refractivity contribution in [1.82, 2.24) is 4.98 Å². The first-order valence-electron chi connectivity index (χ1n) is 6.13. The monoisotopic (exact) mass is 222 g/mol. The highest BCUT2D eigenvalue weighted by atomic mass is 19.1. The molecular weight excluding hydrogens is 203 g/mol. The van der Waals surface area contributed by atoms with Crippen LogP contribution >= 0.6 is 0 Å². The minimum atomic E-state index is -0.391. The topological polar surface area (TPSA) is 16.1 Å². The zero-order valence-electron chi connectivity index (χ0n) is 9.82. The Morgan fingerprint density at radius 2 is 1.88 bits per heavy atom. The summed E-state index contributed by atoms with van der Waals surface area (Å²) < 4.78 is 13.0. The van der Waals surface area contributed by atoms with E-state index in [4.69, 9.17) is 0 Å². The molecule has 0 bridgehead atoms. The Morgan fingerprint density at radius 1 is 1.19 bits per heavy atom. The standard InChI is InChI=1S/C13H19FN2/c1-16(11-7-4-2-3-5-8-11)13-10-6-9-12(14)15-13/h6,9-11H,2-5,7-8H2,1H3. The van der Waals surface area contributed by atoms with Crippen molar-refractivity contribution in [2.24, 2.45) is 0 Å². The lowest BCUT2D eigenvalue weighted by molar-refractivity contribution is 0.537. The maximum atomic E-state index is 13.0. The lowest BCUT2D eigenvalue weighted by atomic mass is 10.1. The SMILES string of the molecule is CN(c1cccc(F)n1)C1CCCCCC1. The molecule has 3 heteroatoms. The van der Waals surface area contributed by atoms with Gasteiger partial charge in [0.2, 0.25) is 5.95 Å². The fourth-order valence-electron chi connectivity index (χ4n) is 2.43. The van der Waals surface area contributed by atoms with Gasteiger partial charge in [-0.25, -0.2) is 4.98 Å². The average molecular weight is 222 g/mol. The van der Waals surface area contributed by atoms with Crippen molar-refractivity contribution in [3.63, 3.8) is 0 Å². The summed E-state index contributed by atoms with van der Waals surface area (Å²) in [6.07, 6.45) is 7.64. The van der Waals surface area contributed by atoms with E-state index >= 15 is 0 Å². The van der Waals surface area contributed by atoms with Crippen molar-refractivity contribution < 1.29 is 4.39 Å². The van der Waals surface area contributed by atoms with Gasteiger partial charge in [0.1, 0.15) is 5.82 Å². The van der Waals surface area contributed by atoms with Crippen LogP contribution in [-0.2, 0) is 0 Å². The van der Waals surface area contributed by atoms with Crippen LogP contribution in [0.1, 0.15) is 38.5 Å². The number of nitrogens with zero attached hydrogens (tertiary/aromatic N) is 2. The maximum absolute atomic E-state index is 13.0. The van der Waals surface area contributed by atoms with E-state index < -0.39 is 5.95 Å². The summed E-state index contributed by atoms with van der Waals surface area (Å²) in [5.74, 6) is 0.366. The molecule has 0 amide bonds. The van der Waals surface area contributed by atoms with E-state index in [9.17, 15) is 4.39 Å². The minimum Gasteiger partial charge on any atom is -0.357 e. The highest BCUT2D eigenvalue weighted by molar-refractivity contribution is 5.38. The van der Waals surface area contributed by atoms with Gasteiger partial charge in [0.25, 0.3) is 0 Å². The van der Waals surface area contributed by atoms with Crippen LogP contribution in [0.2, 0.25) is 0 Å². The second-order valence-electron chi connectivity index (χ2n) is 4.57. The van der Waals surface area contributed by atoms with Gasteiger partial charge in [0.05, 0.1) is 0 Å². The van der Waals surface area contributed by atoms with Crippen molar-refractivity contribution in [1.29, 1.82) is 0 Å². The van der Waals surface area contributed by atoms with Crippen LogP contribution in [0, 0.1) is 5.95 Å². The second-order valence-corrected chi connectivity index (χ2v) is 4.57. The molecule has 0 spiro atoms. The van der Waals surface area contributed by atoms with E-state index in [0.29, 0.717) is 6.04 Å². The predicted molar refractivity (Wildman–Crippen MR) is 64.1 cm³/mol. The molecule has 2 nitrogen and oxygen atoms in total. The van der Waals surface area contributed by atoms with Crippen LogP contribution in [0.15, 0.2) is 18.2 Å². The van der Waals surface area contributed by atoms with Crippen LogP contribution in [0.5, 0.6) is 0 Å². The van der Waals surface area contributed by atoms with Gasteiger partial charge in [0.15, 0.2) is 0 Å². The van der Waals surface area contributed by atoms with Gasteiger partial charge in [-0.3, -0.25) is 0 Å². The number of hydrogen-bond donors (Lipinski definition) is 0. The maximum Gasteiger partial charge on any atom is 0.214 e. The molecule has 1 aliphatic rings. The number of hydrogen-bond acceptors (Lipinski definition) is 2. The normalized spacial score (nSPS) is 18.1. The molecule has 0 unspecified atom stereocenters. The number of halogens is 1. The smallest absolute Gasteiger partial charge is 0.214 e. The minimum absolute atomic E-state index is 0.391. The molecule has 16 heavy (non-hydrogen) atoms. The van der Waals surface area contributed by atoms with Gasteiger partial charge in [-0.15, -0.1) is 0 Å². The summed E-state index contributed by atoms with van der Waals surface area (Å²) in [4.78, 5) is 6.07. The van der Waals surface area contributed by atoms with E-state index in [1.54, 1.807) is 6.07 Å². The first kappa shape index (κ1) is 11.4. The molecule has 0 atom stereocenters. The molecule has 1 aromatic rings. The van der Waals surface area contributed by atoms with Gasteiger partial charge in [0, 0.05) is 13.1 Å². The molecule has 0 radical (unpaired) electrons. The van der Waals surface area contributed by atoms with E-state index in [0.717, 1.165) is 5.82 Å². The molecule has 1 saturated carbocycles. The zero-order valence-corrected chi connectivity index (χ0v) is 9.82. The predicted octanol–water partition coefficient (Wildman–Crippen LogP) is 3.38. The summed E-state index contributed by atoms with van der Waals surface area (Å²) in [5, 5.41) is 0. The van der Waals surface area contributed by atoms with Gasteiger partial charge >= 0.3 is 0 Å². The fraction of sp³-hybridized carbons (Fsp3) is 0.615. The quantitative estimate of drug-likeness (QED) is 0.563. The lowest BCUT2D eigenvalue weighted by Crippen LogP contribution is -2.31. The van der Waals surface area contributed by atoms with Crippen LogP contribution in [0.25, 0.3) is 0 Å². The molecule has 1 fully saturated rings. The summed E-state index contributed by atoms with van der Waals surface area (Å²) >= 11 is 0. The van der Waals surface area contributed by atoms with Crippen LogP contribution in [0.3, 0.4) is 0 Å². The third kappa shape index (κ3) is 2.71. The molecular formula is C13H19FN2. The fourth-order valence-corrected chi connectivity index (χ4v) is 2.43. The Hall–Kier alpha value is -1.12. The van der Waals surface area contributed by atoms with Gasteiger partial charge in [-0.05, 0) is 25.0 Å². The summed E-state index contributed by atoms with van der Waals surface area (Å²) in [6.45, 7) is 0. The summed E-state index contributed by atoms with van der Waals surface area (Å²) in [7, 11) is 2.03. The second kappa shape index (κ2) is 5.28. The Balaban J connectivity index is 2.07. The number of aromatic nitrogens is 1. The zero-order chi connectivity index (χ0) is 11.4. The highest BCUT2D eigenvalue weighted by Gasteiger charge is 2.18. The van der Waals surface area contributed by atoms with Crippen LogP contribution in [-0.4, -0.2) is 18.1 Å². The first-order valence-corrected chi connectivity index (χ1v) is 6.13. The van der Waals surface area contributed by atoms with E-state index in [-0.39, 0.29) is 0 Å². The van der Waals surface area contributed by atoms with Gasteiger partial charge in [-0.1, -0.05) is 31.7 Å². The van der Waals surface area contributed by atoms with Crippen molar-refractivity contribution in [3.8, 4) is 0 Å². The lowest BCUT2D eigenvalue weighted by Gasteiger charge is -2.28. The Labute approximate surface area is 96.5 Å². The van der Waals surface area contributed by atoms with Crippen molar-refractivity contribution in [2.45, 2.75) is 44.6 Å².